The van der Waals surface area contributed by atoms with E-state index >= 15 is 0 Å². The average molecular weight is 214 g/mol. The number of aromatic nitrogens is 2. The lowest BCUT2D eigenvalue weighted by atomic mass is 10.2. The summed E-state index contributed by atoms with van der Waals surface area (Å²) >= 11 is 0. The van der Waals surface area contributed by atoms with Crippen LogP contribution in [0.15, 0.2) is 4.52 Å². The van der Waals surface area contributed by atoms with Crippen molar-refractivity contribution in [3.63, 3.8) is 0 Å². The number of hydrogen-bond donors (Lipinski definition) is 1. The smallest absolute Gasteiger partial charge is 0.377 e. The molecule has 1 N–H and O–H groups in total. The van der Waals surface area contributed by atoms with Crippen molar-refractivity contribution in [2.75, 3.05) is 13.2 Å². The van der Waals surface area contributed by atoms with Crippen molar-refractivity contribution in [3.05, 3.63) is 11.7 Å². The molecule has 0 radical (unpaired) electrons. The zero-order chi connectivity index (χ0) is 10.8. The summed E-state index contributed by atoms with van der Waals surface area (Å²) in [5.74, 6) is -1.46. The number of nitrogens with zero attached hydrogens (tertiary/aromatic N) is 2. The molecule has 0 spiro atoms. The number of ether oxygens (including phenoxy) is 2. The van der Waals surface area contributed by atoms with Gasteiger partial charge in [0.05, 0.1) is 19.3 Å². The van der Waals surface area contributed by atoms with Crippen LogP contribution in [0.4, 0.5) is 0 Å². The second-order valence-corrected chi connectivity index (χ2v) is 3.13. The van der Waals surface area contributed by atoms with Crippen molar-refractivity contribution >= 4 is 5.97 Å². The van der Waals surface area contributed by atoms with Crippen LogP contribution in [0, 0.1) is 0 Å². The third-order valence-electron chi connectivity index (χ3n) is 2.06. The molecule has 0 saturated carbocycles. The van der Waals surface area contributed by atoms with Crippen LogP contribution < -0.4 is 0 Å². The monoisotopic (exact) mass is 214 g/mol. The molecule has 1 aromatic rings. The van der Waals surface area contributed by atoms with Gasteiger partial charge in [-0.3, -0.25) is 0 Å². The summed E-state index contributed by atoms with van der Waals surface area (Å²) in [6.45, 7) is 2.74. The fourth-order valence-electron chi connectivity index (χ4n) is 1.34. The maximum absolute atomic E-state index is 10.5. The van der Waals surface area contributed by atoms with E-state index in [0.717, 1.165) is 0 Å². The maximum Gasteiger partial charge on any atom is 0.377 e. The van der Waals surface area contributed by atoms with Gasteiger partial charge in [0.2, 0.25) is 0 Å². The van der Waals surface area contributed by atoms with Gasteiger partial charge in [-0.15, -0.1) is 0 Å². The number of aromatic carboxylic acids is 1. The highest BCUT2D eigenvalue weighted by Gasteiger charge is 2.30. The zero-order valence-corrected chi connectivity index (χ0v) is 8.04. The van der Waals surface area contributed by atoms with Crippen molar-refractivity contribution in [1.82, 2.24) is 10.1 Å². The van der Waals surface area contributed by atoms with Crippen molar-refractivity contribution < 1.29 is 23.9 Å². The van der Waals surface area contributed by atoms with Gasteiger partial charge in [0, 0.05) is 0 Å². The van der Waals surface area contributed by atoms with Crippen LogP contribution in [-0.2, 0) is 9.47 Å². The van der Waals surface area contributed by atoms with Crippen LogP contribution in [0.5, 0.6) is 0 Å². The minimum atomic E-state index is -1.23. The topological polar surface area (TPSA) is 94.7 Å². The van der Waals surface area contributed by atoms with E-state index in [4.69, 9.17) is 19.1 Å². The van der Waals surface area contributed by atoms with Crippen molar-refractivity contribution in [2.24, 2.45) is 0 Å². The standard InChI is InChI=1S/C8H10N2O5/c1-4-5(14-3-2-13-4)7-9-6(8(11)12)10-15-7/h4-5H,2-3H2,1H3,(H,11,12)/t4-,5-/m0/s1. The summed E-state index contributed by atoms with van der Waals surface area (Å²) < 4.78 is 15.5. The SMILES string of the molecule is C[C@@H]1OCCO[C@@H]1c1nc(C(=O)O)no1. The summed E-state index contributed by atoms with van der Waals surface area (Å²) in [7, 11) is 0. The van der Waals surface area contributed by atoms with Gasteiger partial charge in [0.15, 0.2) is 6.10 Å². The van der Waals surface area contributed by atoms with E-state index in [9.17, 15) is 4.79 Å². The molecule has 0 bridgehead atoms. The molecule has 1 fully saturated rings. The number of carboxylic acids is 1. The van der Waals surface area contributed by atoms with Crippen LogP contribution >= 0.6 is 0 Å². The highest BCUT2D eigenvalue weighted by atomic mass is 16.6. The van der Waals surface area contributed by atoms with Gasteiger partial charge in [-0.2, -0.15) is 4.98 Å². The summed E-state index contributed by atoms with van der Waals surface area (Å²) in [6, 6.07) is 0. The minimum absolute atomic E-state index is 0.139. The maximum atomic E-state index is 10.5. The first-order chi connectivity index (χ1) is 7.18. The number of hydrogen-bond acceptors (Lipinski definition) is 6. The Morgan fingerprint density at radius 1 is 1.47 bits per heavy atom. The van der Waals surface area contributed by atoms with E-state index in [1.807, 2.05) is 0 Å². The van der Waals surface area contributed by atoms with E-state index in [2.05, 4.69) is 10.1 Å². The van der Waals surface area contributed by atoms with E-state index in [1.165, 1.54) is 0 Å². The van der Waals surface area contributed by atoms with Gasteiger partial charge in [-0.1, -0.05) is 0 Å². The fraction of sp³-hybridized carbons (Fsp3) is 0.625. The predicted molar refractivity (Wildman–Crippen MR) is 45.4 cm³/mol. The molecule has 0 amide bonds. The lowest BCUT2D eigenvalue weighted by Crippen LogP contribution is -2.30. The Kier molecular flexibility index (Phi) is 2.65. The van der Waals surface area contributed by atoms with Crippen molar-refractivity contribution in [1.29, 1.82) is 0 Å². The molecule has 82 valence electrons. The average Bonchev–Trinajstić information content (AvgIpc) is 2.67. The Morgan fingerprint density at radius 2 is 2.20 bits per heavy atom. The molecule has 1 aliphatic rings. The van der Waals surface area contributed by atoms with Gasteiger partial charge in [0.25, 0.3) is 11.7 Å². The van der Waals surface area contributed by atoms with Crippen LogP contribution in [0.3, 0.4) is 0 Å². The number of carboxylic acid groups (broad SMARTS) is 1. The molecule has 0 unspecified atom stereocenters. The largest absolute Gasteiger partial charge is 0.475 e. The highest BCUT2D eigenvalue weighted by molar-refractivity contribution is 5.82. The molecule has 7 nitrogen and oxygen atoms in total. The number of rotatable bonds is 2. The van der Waals surface area contributed by atoms with Gasteiger partial charge >= 0.3 is 5.97 Å². The molecule has 0 aromatic carbocycles. The first-order valence-corrected chi connectivity index (χ1v) is 4.48. The molecule has 1 saturated heterocycles. The Balaban J connectivity index is 2.17. The summed E-state index contributed by atoms with van der Waals surface area (Å²) in [5, 5.41) is 11.9. The molecule has 15 heavy (non-hydrogen) atoms. The quantitative estimate of drug-likeness (QED) is 0.753. The molecule has 1 aliphatic heterocycles. The van der Waals surface area contributed by atoms with E-state index < -0.39 is 12.1 Å². The molecule has 0 aliphatic carbocycles. The van der Waals surface area contributed by atoms with Gasteiger partial charge < -0.3 is 19.1 Å². The Labute approximate surface area is 85.0 Å². The van der Waals surface area contributed by atoms with Crippen LogP contribution in [-0.4, -0.2) is 40.5 Å². The summed E-state index contributed by atoms with van der Waals surface area (Å²) in [4.78, 5) is 14.2. The van der Waals surface area contributed by atoms with Crippen molar-refractivity contribution in [3.8, 4) is 0 Å². The lowest BCUT2D eigenvalue weighted by Gasteiger charge is -2.26. The molecule has 2 atom stereocenters. The molecular formula is C8H10N2O5. The first kappa shape index (κ1) is 10.1. The van der Waals surface area contributed by atoms with Crippen LogP contribution in [0.25, 0.3) is 0 Å². The second-order valence-electron chi connectivity index (χ2n) is 3.13. The molecule has 2 rings (SSSR count). The third kappa shape index (κ3) is 1.97. The summed E-state index contributed by atoms with van der Waals surface area (Å²) in [5.41, 5.74) is 0. The van der Waals surface area contributed by atoms with E-state index in [-0.39, 0.29) is 17.8 Å². The zero-order valence-electron chi connectivity index (χ0n) is 8.04. The Bertz CT molecular complexity index is 364. The Morgan fingerprint density at radius 3 is 2.80 bits per heavy atom. The number of carbonyl (C=O) groups is 1. The third-order valence-corrected chi connectivity index (χ3v) is 2.06. The minimum Gasteiger partial charge on any atom is -0.475 e. The lowest BCUT2D eigenvalue weighted by molar-refractivity contribution is -0.144. The molecular weight excluding hydrogens is 204 g/mol. The highest BCUT2D eigenvalue weighted by Crippen LogP contribution is 2.24. The molecule has 7 heteroatoms. The van der Waals surface area contributed by atoms with Crippen LogP contribution in [0.2, 0.25) is 0 Å². The molecule has 1 aromatic heterocycles. The van der Waals surface area contributed by atoms with E-state index in [0.29, 0.717) is 13.2 Å². The van der Waals surface area contributed by atoms with Gasteiger partial charge in [-0.05, 0) is 12.1 Å². The molecule has 2 heterocycles. The van der Waals surface area contributed by atoms with E-state index in [1.54, 1.807) is 6.92 Å². The fourth-order valence-corrected chi connectivity index (χ4v) is 1.34. The van der Waals surface area contributed by atoms with Gasteiger partial charge in [0.1, 0.15) is 0 Å². The predicted octanol–water partition coefficient (Wildman–Crippen LogP) is 0.244. The Hall–Kier alpha value is -1.47. The van der Waals surface area contributed by atoms with Crippen LogP contribution in [0.1, 0.15) is 29.5 Å². The van der Waals surface area contributed by atoms with Crippen molar-refractivity contribution in [2.45, 2.75) is 19.1 Å². The first-order valence-electron chi connectivity index (χ1n) is 4.48. The normalized spacial score (nSPS) is 26.5. The van der Waals surface area contributed by atoms with Gasteiger partial charge in [-0.25, -0.2) is 4.79 Å². The summed E-state index contributed by atoms with van der Waals surface area (Å²) in [6.07, 6.45) is -0.708. The second kappa shape index (κ2) is 3.95.